The van der Waals surface area contributed by atoms with Crippen LogP contribution in [0.5, 0.6) is 0 Å². The molecule has 1 aromatic rings. The summed E-state index contributed by atoms with van der Waals surface area (Å²) < 4.78 is 0. The Morgan fingerprint density at radius 1 is 1.23 bits per heavy atom. The first kappa shape index (κ1) is 20.2. The van der Waals surface area contributed by atoms with Crippen LogP contribution in [0.15, 0.2) is 24.3 Å². The molecule has 142 valence electrons. The summed E-state index contributed by atoms with van der Waals surface area (Å²) in [7, 11) is 0. The third-order valence-electron chi connectivity index (χ3n) is 5.02. The van der Waals surface area contributed by atoms with Gasteiger partial charge < -0.3 is 15.7 Å². The first-order chi connectivity index (χ1) is 12.3. The van der Waals surface area contributed by atoms with Gasteiger partial charge in [0.2, 0.25) is 5.91 Å². The van der Waals surface area contributed by atoms with Crippen molar-refractivity contribution in [1.29, 1.82) is 0 Å². The molecule has 1 saturated carbocycles. The lowest BCUT2D eigenvalue weighted by molar-refractivity contribution is -0.141. The summed E-state index contributed by atoms with van der Waals surface area (Å²) in [5, 5.41) is 15.3. The van der Waals surface area contributed by atoms with Gasteiger partial charge in [-0.1, -0.05) is 31.9 Å². The van der Waals surface area contributed by atoms with Crippen molar-refractivity contribution in [2.45, 2.75) is 51.6 Å². The van der Waals surface area contributed by atoms with Gasteiger partial charge in [0.25, 0.3) is 5.91 Å². The molecule has 0 aliphatic heterocycles. The number of aliphatic carboxylic acids is 1. The quantitative estimate of drug-likeness (QED) is 0.677. The van der Waals surface area contributed by atoms with E-state index in [4.69, 9.17) is 16.7 Å². The molecular weight excluding hydrogens is 356 g/mol. The lowest BCUT2D eigenvalue weighted by atomic mass is 9.97. The number of hydrogen-bond acceptors (Lipinski definition) is 3. The van der Waals surface area contributed by atoms with Gasteiger partial charge in [0.15, 0.2) is 0 Å². The monoisotopic (exact) mass is 380 g/mol. The van der Waals surface area contributed by atoms with Crippen molar-refractivity contribution in [2.24, 2.45) is 11.8 Å². The Labute approximate surface area is 158 Å². The molecule has 4 atom stereocenters. The number of carbonyl (C=O) groups is 3. The van der Waals surface area contributed by atoms with E-state index in [2.05, 4.69) is 10.6 Å². The van der Waals surface area contributed by atoms with E-state index in [-0.39, 0.29) is 23.8 Å². The molecule has 1 aliphatic rings. The Balaban J connectivity index is 2.02. The summed E-state index contributed by atoms with van der Waals surface area (Å²) in [6.07, 6.45) is 2.35. The van der Waals surface area contributed by atoms with Crippen molar-refractivity contribution in [3.05, 3.63) is 34.9 Å². The van der Waals surface area contributed by atoms with E-state index in [0.29, 0.717) is 29.8 Å². The van der Waals surface area contributed by atoms with E-state index in [1.165, 1.54) is 0 Å². The summed E-state index contributed by atoms with van der Waals surface area (Å²) in [6, 6.07) is 5.63. The second-order valence-electron chi connectivity index (χ2n) is 6.90. The minimum Gasteiger partial charge on any atom is -0.481 e. The number of carboxylic acid groups (broad SMARTS) is 1. The molecule has 0 radical (unpaired) electrons. The molecule has 0 heterocycles. The smallest absolute Gasteiger partial charge is 0.306 e. The fraction of sp³-hybridized carbons (Fsp3) is 0.526. The number of benzene rings is 1. The Hall–Kier alpha value is -2.08. The number of carbonyl (C=O) groups excluding carboxylic acids is 2. The van der Waals surface area contributed by atoms with E-state index in [1.807, 2.05) is 13.8 Å². The minimum absolute atomic E-state index is 0.0528. The summed E-state index contributed by atoms with van der Waals surface area (Å²) in [4.78, 5) is 36.2. The molecule has 0 spiro atoms. The zero-order chi connectivity index (χ0) is 19.3. The van der Waals surface area contributed by atoms with Crippen molar-refractivity contribution in [2.75, 3.05) is 0 Å². The van der Waals surface area contributed by atoms with Gasteiger partial charge in [-0.2, -0.15) is 0 Å². The highest BCUT2D eigenvalue weighted by Gasteiger charge is 2.33. The van der Waals surface area contributed by atoms with Crippen molar-refractivity contribution < 1.29 is 19.5 Å². The van der Waals surface area contributed by atoms with Crippen molar-refractivity contribution in [3.8, 4) is 0 Å². The Morgan fingerprint density at radius 3 is 2.42 bits per heavy atom. The number of halogens is 1. The second-order valence-corrected chi connectivity index (χ2v) is 7.33. The van der Waals surface area contributed by atoms with Crippen LogP contribution in [0.25, 0.3) is 0 Å². The highest BCUT2D eigenvalue weighted by atomic mass is 35.5. The van der Waals surface area contributed by atoms with Crippen LogP contribution in [0.4, 0.5) is 0 Å². The highest BCUT2D eigenvalue weighted by molar-refractivity contribution is 6.30. The molecular formula is C19H25ClN2O4. The molecule has 26 heavy (non-hydrogen) atoms. The summed E-state index contributed by atoms with van der Waals surface area (Å²) in [6.45, 7) is 3.86. The van der Waals surface area contributed by atoms with Gasteiger partial charge in [0.05, 0.1) is 5.92 Å². The molecule has 6 nitrogen and oxygen atoms in total. The largest absolute Gasteiger partial charge is 0.481 e. The summed E-state index contributed by atoms with van der Waals surface area (Å²) >= 11 is 5.84. The van der Waals surface area contributed by atoms with Crippen molar-refractivity contribution in [1.82, 2.24) is 10.6 Å². The molecule has 1 aromatic carbocycles. The maximum atomic E-state index is 12.7. The van der Waals surface area contributed by atoms with Gasteiger partial charge in [-0.05, 0) is 49.4 Å². The van der Waals surface area contributed by atoms with Crippen LogP contribution in [0.2, 0.25) is 5.02 Å². The molecule has 1 aliphatic carbocycles. The lowest BCUT2D eigenvalue weighted by Gasteiger charge is -2.25. The summed E-state index contributed by atoms with van der Waals surface area (Å²) in [5.74, 6) is -1.89. The number of amides is 2. The molecule has 2 amide bonds. The topological polar surface area (TPSA) is 95.5 Å². The van der Waals surface area contributed by atoms with E-state index in [1.54, 1.807) is 24.3 Å². The van der Waals surface area contributed by atoms with E-state index in [0.717, 1.165) is 6.42 Å². The van der Waals surface area contributed by atoms with Crippen molar-refractivity contribution >= 4 is 29.4 Å². The first-order valence-electron chi connectivity index (χ1n) is 8.91. The van der Waals surface area contributed by atoms with E-state index >= 15 is 0 Å². The third kappa shape index (κ3) is 5.21. The molecule has 2 unspecified atom stereocenters. The molecule has 0 saturated heterocycles. The minimum atomic E-state index is -0.823. The molecule has 1 fully saturated rings. The van der Waals surface area contributed by atoms with E-state index < -0.39 is 17.9 Å². The molecule has 0 bridgehead atoms. The number of nitrogens with one attached hydrogen (secondary N) is 2. The normalized spacial score (nSPS) is 21.7. The van der Waals surface area contributed by atoms with Crippen LogP contribution in [0.1, 0.15) is 49.9 Å². The zero-order valence-electron chi connectivity index (χ0n) is 15.0. The van der Waals surface area contributed by atoms with E-state index in [9.17, 15) is 14.4 Å². The maximum Gasteiger partial charge on any atom is 0.306 e. The average molecular weight is 381 g/mol. The lowest BCUT2D eigenvalue weighted by Crippen LogP contribution is -2.52. The van der Waals surface area contributed by atoms with Gasteiger partial charge in [0, 0.05) is 16.6 Å². The number of rotatable bonds is 7. The molecule has 0 aromatic heterocycles. The molecule has 2 rings (SSSR count). The Morgan fingerprint density at radius 2 is 1.88 bits per heavy atom. The molecule has 3 N–H and O–H groups in total. The van der Waals surface area contributed by atoms with Crippen LogP contribution in [0, 0.1) is 11.8 Å². The fourth-order valence-corrected chi connectivity index (χ4v) is 3.28. The van der Waals surface area contributed by atoms with Crippen LogP contribution in [-0.2, 0) is 9.59 Å². The SMILES string of the molecule is CCC(C)C(NC(=O)c1ccc(Cl)cc1)C(=O)N[C@H]1CC[C@@H](C(=O)O)C1. The number of hydrogen-bond donors (Lipinski definition) is 3. The summed E-state index contributed by atoms with van der Waals surface area (Å²) in [5.41, 5.74) is 0.433. The first-order valence-corrected chi connectivity index (χ1v) is 9.29. The predicted molar refractivity (Wildman–Crippen MR) is 99.1 cm³/mol. The van der Waals surface area contributed by atoms with Gasteiger partial charge in [-0.3, -0.25) is 14.4 Å². The average Bonchev–Trinajstić information content (AvgIpc) is 3.08. The standard InChI is InChI=1S/C19H25ClN2O4/c1-3-11(2)16(22-17(23)12-4-7-14(20)8-5-12)18(24)21-15-9-6-13(10-15)19(25)26/h4-5,7-8,11,13,15-16H,3,6,9-10H2,1-2H3,(H,21,24)(H,22,23)(H,25,26)/t11?,13-,15+,16?/m1/s1. The maximum absolute atomic E-state index is 12.7. The Bertz CT molecular complexity index is 662. The third-order valence-corrected chi connectivity index (χ3v) is 5.27. The highest BCUT2D eigenvalue weighted by Crippen LogP contribution is 2.26. The van der Waals surface area contributed by atoms with Crippen molar-refractivity contribution in [3.63, 3.8) is 0 Å². The van der Waals surface area contributed by atoms with Gasteiger partial charge in [0.1, 0.15) is 6.04 Å². The van der Waals surface area contributed by atoms with Crippen LogP contribution in [0.3, 0.4) is 0 Å². The van der Waals surface area contributed by atoms with Crippen LogP contribution in [-0.4, -0.2) is 35.0 Å². The van der Waals surface area contributed by atoms with Crippen LogP contribution < -0.4 is 10.6 Å². The Kier molecular flexibility index (Phi) is 7.03. The predicted octanol–water partition coefficient (Wildman–Crippen LogP) is 2.85. The van der Waals surface area contributed by atoms with Gasteiger partial charge in [-0.15, -0.1) is 0 Å². The van der Waals surface area contributed by atoms with Gasteiger partial charge in [-0.25, -0.2) is 0 Å². The number of carboxylic acids is 1. The zero-order valence-corrected chi connectivity index (χ0v) is 15.8. The molecule has 7 heteroatoms. The van der Waals surface area contributed by atoms with Gasteiger partial charge >= 0.3 is 5.97 Å². The fourth-order valence-electron chi connectivity index (χ4n) is 3.16. The second kappa shape index (κ2) is 9.03. The van der Waals surface area contributed by atoms with Crippen LogP contribution >= 0.6 is 11.6 Å².